The third kappa shape index (κ3) is 4.75. The molecule has 0 bridgehead atoms. The number of hydrogen-bond donors (Lipinski definition) is 1. The van der Waals surface area contributed by atoms with E-state index >= 15 is 0 Å². The third-order valence-electron chi connectivity index (χ3n) is 4.23. The molecular formula is C20H25N3O3Si. The van der Waals surface area contributed by atoms with Gasteiger partial charge in [0.1, 0.15) is 18.2 Å². The Balaban J connectivity index is 1.79. The van der Waals surface area contributed by atoms with Gasteiger partial charge in [0.25, 0.3) is 5.91 Å². The van der Waals surface area contributed by atoms with E-state index in [0.29, 0.717) is 23.8 Å². The predicted octanol–water partition coefficient (Wildman–Crippen LogP) is 4.24. The highest BCUT2D eigenvalue weighted by molar-refractivity contribution is 6.76. The highest BCUT2D eigenvalue weighted by Gasteiger charge is 2.14. The molecule has 0 atom stereocenters. The number of rotatable bonds is 8. The van der Waals surface area contributed by atoms with Crippen LogP contribution in [0.15, 0.2) is 48.7 Å². The number of carbonyl (C=O) groups excluding carboxylic acids is 1. The maximum Gasteiger partial charge on any atom is 0.252 e. The molecule has 7 heteroatoms. The Morgan fingerprint density at radius 3 is 2.59 bits per heavy atom. The molecule has 0 fully saturated rings. The van der Waals surface area contributed by atoms with Crippen molar-refractivity contribution in [2.45, 2.75) is 32.4 Å². The van der Waals surface area contributed by atoms with Gasteiger partial charge in [-0.3, -0.25) is 4.79 Å². The summed E-state index contributed by atoms with van der Waals surface area (Å²) in [7, 11) is -1.11. The predicted molar refractivity (Wildman–Crippen MR) is 109 cm³/mol. The number of primary amides is 1. The Morgan fingerprint density at radius 2 is 1.85 bits per heavy atom. The molecule has 6 nitrogen and oxygen atoms in total. The van der Waals surface area contributed by atoms with E-state index in [1.54, 1.807) is 30.5 Å². The van der Waals surface area contributed by atoms with Gasteiger partial charge >= 0.3 is 0 Å². The minimum atomic E-state index is -1.11. The average Bonchev–Trinajstić information content (AvgIpc) is 3.02. The van der Waals surface area contributed by atoms with Crippen molar-refractivity contribution in [3.05, 3.63) is 54.2 Å². The molecule has 142 valence electrons. The molecule has 27 heavy (non-hydrogen) atoms. The van der Waals surface area contributed by atoms with Crippen LogP contribution in [0.3, 0.4) is 0 Å². The van der Waals surface area contributed by atoms with Crippen LogP contribution in [0.5, 0.6) is 11.5 Å². The molecule has 0 unspecified atom stereocenters. The van der Waals surface area contributed by atoms with E-state index in [-0.39, 0.29) is 0 Å². The molecule has 1 amide bonds. The van der Waals surface area contributed by atoms with Gasteiger partial charge in [0.15, 0.2) is 0 Å². The van der Waals surface area contributed by atoms with Crippen LogP contribution in [0.25, 0.3) is 10.9 Å². The van der Waals surface area contributed by atoms with E-state index in [0.717, 1.165) is 23.6 Å². The average molecular weight is 384 g/mol. The zero-order valence-electron chi connectivity index (χ0n) is 15.9. The van der Waals surface area contributed by atoms with Crippen molar-refractivity contribution in [2.75, 3.05) is 6.61 Å². The quantitative estimate of drug-likeness (QED) is 0.466. The monoisotopic (exact) mass is 383 g/mol. The second-order valence-electron chi connectivity index (χ2n) is 7.64. The summed E-state index contributed by atoms with van der Waals surface area (Å²) < 4.78 is 13.6. The number of aromatic nitrogens is 2. The van der Waals surface area contributed by atoms with Gasteiger partial charge in [0.2, 0.25) is 0 Å². The Labute approximate surface area is 159 Å². The first-order chi connectivity index (χ1) is 12.8. The van der Waals surface area contributed by atoms with Crippen molar-refractivity contribution in [2.24, 2.45) is 5.73 Å². The van der Waals surface area contributed by atoms with E-state index < -0.39 is 14.0 Å². The molecule has 3 rings (SSSR count). The molecule has 0 aliphatic carbocycles. The van der Waals surface area contributed by atoms with Gasteiger partial charge < -0.3 is 15.2 Å². The van der Waals surface area contributed by atoms with Crippen LogP contribution >= 0.6 is 0 Å². The number of carbonyl (C=O) groups is 1. The summed E-state index contributed by atoms with van der Waals surface area (Å²) >= 11 is 0. The number of hydrogen-bond acceptors (Lipinski definition) is 4. The lowest BCUT2D eigenvalue weighted by atomic mass is 10.2. The topological polar surface area (TPSA) is 79.4 Å². The highest BCUT2D eigenvalue weighted by atomic mass is 28.3. The van der Waals surface area contributed by atoms with Gasteiger partial charge in [0, 0.05) is 14.7 Å². The molecule has 0 saturated heterocycles. The summed E-state index contributed by atoms with van der Waals surface area (Å²) in [6, 6.07) is 13.8. The van der Waals surface area contributed by atoms with E-state index in [2.05, 4.69) is 24.7 Å². The van der Waals surface area contributed by atoms with Crippen LogP contribution in [0, 0.1) is 0 Å². The van der Waals surface area contributed by atoms with Gasteiger partial charge in [-0.25, -0.2) is 4.68 Å². The molecular weight excluding hydrogens is 358 g/mol. The number of nitrogens with zero attached hydrogens (tertiary/aromatic N) is 2. The van der Waals surface area contributed by atoms with Crippen molar-refractivity contribution >= 4 is 24.9 Å². The van der Waals surface area contributed by atoms with Gasteiger partial charge in [-0.1, -0.05) is 37.8 Å². The van der Waals surface area contributed by atoms with Gasteiger partial charge in [-0.15, -0.1) is 0 Å². The summed E-state index contributed by atoms with van der Waals surface area (Å²) in [5.74, 6) is 0.524. The zero-order chi connectivity index (χ0) is 19.4. The first-order valence-corrected chi connectivity index (χ1v) is 12.6. The fraction of sp³-hybridized carbons (Fsp3) is 0.300. The Morgan fingerprint density at radius 1 is 1.11 bits per heavy atom. The van der Waals surface area contributed by atoms with Crippen molar-refractivity contribution in [3.8, 4) is 11.5 Å². The van der Waals surface area contributed by atoms with Gasteiger partial charge in [0.05, 0.1) is 22.7 Å². The lowest BCUT2D eigenvalue weighted by Crippen LogP contribution is -2.22. The standard InChI is InChI=1S/C20H25N3O3Si/c1-27(2,3)12-11-25-14-23-17-8-6-10-19(16(17)13-22-23)26-18-9-5-4-7-15(18)20(21)24/h4-10,13H,11-12,14H2,1-3H3,(H2,21,24). The van der Waals surface area contributed by atoms with Crippen molar-refractivity contribution in [1.29, 1.82) is 0 Å². The molecule has 0 aliphatic rings. The van der Waals surface area contributed by atoms with Crippen molar-refractivity contribution < 1.29 is 14.3 Å². The minimum Gasteiger partial charge on any atom is -0.456 e. The van der Waals surface area contributed by atoms with Crippen molar-refractivity contribution in [3.63, 3.8) is 0 Å². The molecule has 1 heterocycles. The number of para-hydroxylation sites is 1. The van der Waals surface area contributed by atoms with E-state index in [1.807, 2.05) is 22.9 Å². The maximum atomic E-state index is 11.6. The van der Waals surface area contributed by atoms with Gasteiger partial charge in [-0.05, 0) is 30.3 Å². The molecule has 0 saturated carbocycles. The summed E-state index contributed by atoms with van der Waals surface area (Å²) in [4.78, 5) is 11.6. The summed E-state index contributed by atoms with van der Waals surface area (Å²) in [5, 5.41) is 5.27. The summed E-state index contributed by atoms with van der Waals surface area (Å²) in [6.45, 7) is 8.11. The SMILES string of the molecule is C[Si](C)(C)CCOCn1ncc2c(Oc3ccccc3C(N)=O)cccc21. The van der Waals surface area contributed by atoms with E-state index in [9.17, 15) is 4.79 Å². The number of ether oxygens (including phenoxy) is 2. The fourth-order valence-electron chi connectivity index (χ4n) is 2.68. The van der Waals surface area contributed by atoms with Crippen LogP contribution in [-0.2, 0) is 11.5 Å². The number of fused-ring (bicyclic) bond motifs is 1. The maximum absolute atomic E-state index is 11.6. The lowest BCUT2D eigenvalue weighted by Gasteiger charge is -2.15. The molecule has 0 aliphatic heterocycles. The normalized spacial score (nSPS) is 11.7. The largest absolute Gasteiger partial charge is 0.456 e. The number of benzene rings is 2. The van der Waals surface area contributed by atoms with Crippen LogP contribution in [0.4, 0.5) is 0 Å². The molecule has 3 aromatic rings. The first kappa shape index (κ1) is 19.1. The van der Waals surface area contributed by atoms with Crippen LogP contribution in [0.1, 0.15) is 10.4 Å². The highest BCUT2D eigenvalue weighted by Crippen LogP contribution is 2.31. The lowest BCUT2D eigenvalue weighted by molar-refractivity contribution is 0.0817. The Hall–Kier alpha value is -2.64. The molecule has 2 N–H and O–H groups in total. The molecule has 0 spiro atoms. The third-order valence-corrected chi connectivity index (χ3v) is 5.93. The number of nitrogens with two attached hydrogens (primary N) is 1. The summed E-state index contributed by atoms with van der Waals surface area (Å²) in [6.07, 6.45) is 1.75. The second kappa shape index (κ2) is 7.94. The zero-order valence-corrected chi connectivity index (χ0v) is 16.9. The second-order valence-corrected chi connectivity index (χ2v) is 13.3. The van der Waals surface area contributed by atoms with Crippen LogP contribution < -0.4 is 10.5 Å². The fourth-order valence-corrected chi connectivity index (χ4v) is 3.43. The smallest absolute Gasteiger partial charge is 0.252 e. The van der Waals surface area contributed by atoms with E-state index in [4.69, 9.17) is 15.2 Å². The Kier molecular flexibility index (Phi) is 5.62. The first-order valence-electron chi connectivity index (χ1n) is 8.94. The number of amides is 1. The van der Waals surface area contributed by atoms with Crippen LogP contribution in [-0.4, -0.2) is 30.4 Å². The molecule has 2 aromatic carbocycles. The summed E-state index contributed by atoms with van der Waals surface area (Å²) in [5.41, 5.74) is 6.69. The molecule has 0 radical (unpaired) electrons. The Bertz CT molecular complexity index is 947. The van der Waals surface area contributed by atoms with E-state index in [1.165, 1.54) is 0 Å². The minimum absolute atomic E-state index is 0.344. The van der Waals surface area contributed by atoms with Crippen LogP contribution in [0.2, 0.25) is 25.7 Å². The van der Waals surface area contributed by atoms with Crippen molar-refractivity contribution in [1.82, 2.24) is 9.78 Å². The van der Waals surface area contributed by atoms with Gasteiger partial charge in [-0.2, -0.15) is 5.10 Å². The molecule has 1 aromatic heterocycles.